The van der Waals surface area contributed by atoms with E-state index in [0.717, 1.165) is 22.8 Å². The molecule has 110 valence electrons. The Morgan fingerprint density at radius 2 is 1.76 bits per heavy atom. The molecule has 0 spiro atoms. The fraction of sp³-hybridized carbons (Fsp3) is 0.200. The van der Waals surface area contributed by atoms with Crippen LogP contribution in [0, 0.1) is 24.0 Å². The number of nitrogens with one attached hydrogen (secondary N) is 1. The zero-order chi connectivity index (χ0) is 15.6. The van der Waals surface area contributed by atoms with E-state index in [1.54, 1.807) is 13.8 Å². The monoisotopic (exact) mass is 288 g/mol. The summed E-state index contributed by atoms with van der Waals surface area (Å²) in [5, 5.41) is 33.0. The number of hydrogen-bond acceptors (Lipinski definition) is 5. The van der Waals surface area contributed by atoms with Crippen LogP contribution < -0.4 is 5.32 Å². The fourth-order valence-corrected chi connectivity index (χ4v) is 2.17. The van der Waals surface area contributed by atoms with Crippen molar-refractivity contribution in [1.82, 2.24) is 0 Å². The lowest BCUT2D eigenvalue weighted by Crippen LogP contribution is -2.03. The molecule has 0 aliphatic heterocycles. The Hall–Kier alpha value is -2.76. The summed E-state index contributed by atoms with van der Waals surface area (Å²) in [6.07, 6.45) is 0. The molecule has 2 aromatic rings. The quantitative estimate of drug-likeness (QED) is 0.456. The molecule has 0 amide bonds. The Balaban J connectivity index is 2.22. The second kappa shape index (κ2) is 5.70. The first kappa shape index (κ1) is 14.6. The first-order chi connectivity index (χ1) is 9.88. The van der Waals surface area contributed by atoms with E-state index in [-0.39, 0.29) is 17.2 Å². The number of phenols is 2. The molecule has 0 unspecified atom stereocenters. The Morgan fingerprint density at radius 1 is 1.14 bits per heavy atom. The van der Waals surface area contributed by atoms with Crippen LogP contribution in [0.3, 0.4) is 0 Å². The molecular weight excluding hydrogens is 272 g/mol. The van der Waals surface area contributed by atoms with E-state index in [2.05, 4.69) is 5.32 Å². The van der Waals surface area contributed by atoms with Crippen LogP contribution in [0.15, 0.2) is 30.3 Å². The van der Waals surface area contributed by atoms with Crippen LogP contribution in [-0.2, 0) is 6.54 Å². The molecule has 2 aromatic carbocycles. The Kier molecular flexibility index (Phi) is 3.98. The van der Waals surface area contributed by atoms with Crippen molar-refractivity contribution >= 4 is 11.4 Å². The summed E-state index contributed by atoms with van der Waals surface area (Å²) in [6.45, 7) is 3.98. The van der Waals surface area contributed by atoms with Gasteiger partial charge in [0.1, 0.15) is 17.2 Å². The highest BCUT2D eigenvalue weighted by molar-refractivity contribution is 5.63. The maximum absolute atomic E-state index is 11.0. The fourth-order valence-electron chi connectivity index (χ4n) is 2.17. The number of rotatable bonds is 4. The van der Waals surface area contributed by atoms with Gasteiger partial charge >= 0.3 is 0 Å². The number of benzene rings is 2. The number of aryl methyl sites for hydroxylation is 2. The minimum atomic E-state index is -0.546. The Labute approximate surface area is 121 Å². The topological polar surface area (TPSA) is 95.6 Å². The van der Waals surface area contributed by atoms with Crippen molar-refractivity contribution < 1.29 is 15.1 Å². The number of nitrogens with zero attached hydrogens (tertiary/aromatic N) is 1. The van der Waals surface area contributed by atoms with Gasteiger partial charge in [0, 0.05) is 6.54 Å². The summed E-state index contributed by atoms with van der Waals surface area (Å²) >= 11 is 0. The van der Waals surface area contributed by atoms with Gasteiger partial charge in [-0.3, -0.25) is 10.1 Å². The van der Waals surface area contributed by atoms with Crippen LogP contribution in [0.25, 0.3) is 0 Å². The minimum absolute atomic E-state index is 0.149. The second-order valence-corrected chi connectivity index (χ2v) is 4.89. The summed E-state index contributed by atoms with van der Waals surface area (Å²) in [4.78, 5) is 10.4. The average Bonchev–Trinajstić information content (AvgIpc) is 2.43. The van der Waals surface area contributed by atoms with Gasteiger partial charge in [0.2, 0.25) is 0 Å². The first-order valence-electron chi connectivity index (χ1n) is 6.39. The van der Waals surface area contributed by atoms with Gasteiger partial charge in [-0.05, 0) is 42.7 Å². The number of nitro groups is 1. The van der Waals surface area contributed by atoms with Gasteiger partial charge in [-0.1, -0.05) is 12.1 Å². The molecule has 0 aliphatic carbocycles. The van der Waals surface area contributed by atoms with Gasteiger partial charge in [0.25, 0.3) is 5.69 Å². The third-order valence-electron chi connectivity index (χ3n) is 3.21. The molecule has 3 N–H and O–H groups in total. The van der Waals surface area contributed by atoms with Crippen molar-refractivity contribution in [3.8, 4) is 11.5 Å². The number of phenolic OH excluding ortho intramolecular Hbond substituents is 2. The molecule has 6 nitrogen and oxygen atoms in total. The van der Waals surface area contributed by atoms with Crippen molar-refractivity contribution in [3.05, 3.63) is 57.1 Å². The van der Waals surface area contributed by atoms with Gasteiger partial charge in [-0.15, -0.1) is 0 Å². The summed E-state index contributed by atoms with van der Waals surface area (Å²) in [5.74, 6) is 0.109. The lowest BCUT2D eigenvalue weighted by atomic mass is 10.1. The molecule has 0 heterocycles. The maximum Gasteiger partial charge on any atom is 0.296 e. The number of nitro benzene ring substituents is 1. The van der Waals surface area contributed by atoms with E-state index >= 15 is 0 Å². The van der Waals surface area contributed by atoms with E-state index in [1.165, 1.54) is 12.1 Å². The molecule has 2 rings (SSSR count). The maximum atomic E-state index is 11.0. The Morgan fingerprint density at radius 3 is 2.33 bits per heavy atom. The minimum Gasteiger partial charge on any atom is -0.508 e. The predicted octanol–water partition coefficient (Wildman–Crippen LogP) is 3.23. The van der Waals surface area contributed by atoms with Crippen LogP contribution >= 0.6 is 0 Å². The molecular formula is C15H16N2O4. The predicted molar refractivity (Wildman–Crippen MR) is 79.7 cm³/mol. The zero-order valence-electron chi connectivity index (χ0n) is 11.8. The summed E-state index contributed by atoms with van der Waals surface area (Å²) in [6, 6.07) is 7.61. The van der Waals surface area contributed by atoms with Gasteiger partial charge in [-0.25, -0.2) is 0 Å². The molecule has 0 fully saturated rings. The van der Waals surface area contributed by atoms with E-state index in [9.17, 15) is 20.3 Å². The van der Waals surface area contributed by atoms with Crippen LogP contribution in [0.1, 0.15) is 16.7 Å². The van der Waals surface area contributed by atoms with E-state index in [4.69, 9.17) is 0 Å². The normalized spacial score (nSPS) is 10.4. The lowest BCUT2D eigenvalue weighted by molar-refractivity contribution is -0.384. The van der Waals surface area contributed by atoms with Crippen LogP contribution in [0.2, 0.25) is 0 Å². The molecule has 0 saturated heterocycles. The smallest absolute Gasteiger partial charge is 0.296 e. The van der Waals surface area contributed by atoms with E-state index in [0.29, 0.717) is 12.2 Å². The van der Waals surface area contributed by atoms with Crippen molar-refractivity contribution in [1.29, 1.82) is 0 Å². The Bertz CT molecular complexity index is 675. The largest absolute Gasteiger partial charge is 0.508 e. The van der Waals surface area contributed by atoms with Crippen molar-refractivity contribution in [2.24, 2.45) is 0 Å². The molecule has 0 radical (unpaired) electrons. The average molecular weight is 288 g/mol. The highest BCUT2D eigenvalue weighted by Gasteiger charge is 2.14. The zero-order valence-corrected chi connectivity index (χ0v) is 11.8. The van der Waals surface area contributed by atoms with E-state index < -0.39 is 4.92 Å². The molecule has 0 atom stereocenters. The van der Waals surface area contributed by atoms with Crippen LogP contribution in [-0.4, -0.2) is 15.1 Å². The van der Waals surface area contributed by atoms with E-state index in [1.807, 2.05) is 12.1 Å². The number of aromatic hydroxyl groups is 2. The summed E-state index contributed by atoms with van der Waals surface area (Å²) in [5.41, 5.74) is 2.58. The number of anilines is 1. The SMILES string of the molecule is Cc1cc(CNc2ccc(O)cc2[N+](=O)[O-])cc(C)c1O. The molecule has 6 heteroatoms. The lowest BCUT2D eigenvalue weighted by Gasteiger charge is -2.10. The second-order valence-electron chi connectivity index (χ2n) is 4.89. The van der Waals surface area contributed by atoms with Gasteiger partial charge in [0.15, 0.2) is 0 Å². The van der Waals surface area contributed by atoms with Crippen LogP contribution in [0.5, 0.6) is 11.5 Å². The molecule has 21 heavy (non-hydrogen) atoms. The van der Waals surface area contributed by atoms with Gasteiger partial charge in [0.05, 0.1) is 11.0 Å². The number of hydrogen-bond donors (Lipinski definition) is 3. The molecule has 0 aromatic heterocycles. The third kappa shape index (κ3) is 3.22. The van der Waals surface area contributed by atoms with Crippen molar-refractivity contribution in [2.45, 2.75) is 20.4 Å². The van der Waals surface area contributed by atoms with Crippen molar-refractivity contribution in [3.63, 3.8) is 0 Å². The highest BCUT2D eigenvalue weighted by Crippen LogP contribution is 2.29. The summed E-state index contributed by atoms with van der Waals surface area (Å²) in [7, 11) is 0. The highest BCUT2D eigenvalue weighted by atomic mass is 16.6. The van der Waals surface area contributed by atoms with Gasteiger partial charge < -0.3 is 15.5 Å². The van der Waals surface area contributed by atoms with Crippen LogP contribution in [0.4, 0.5) is 11.4 Å². The standard InChI is InChI=1S/C15H16N2O4/c1-9-5-11(6-10(2)15(9)19)8-16-13-4-3-12(18)7-14(13)17(20)21/h3-7,16,18-19H,8H2,1-2H3. The van der Waals surface area contributed by atoms with Crippen molar-refractivity contribution in [2.75, 3.05) is 5.32 Å². The molecule has 0 aliphatic rings. The first-order valence-corrected chi connectivity index (χ1v) is 6.39. The van der Waals surface area contributed by atoms with Gasteiger partial charge in [-0.2, -0.15) is 0 Å². The summed E-state index contributed by atoms with van der Waals surface area (Å²) < 4.78 is 0. The third-order valence-corrected chi connectivity index (χ3v) is 3.21. The molecule has 0 bridgehead atoms. The molecule has 0 saturated carbocycles.